The third-order valence-corrected chi connectivity index (χ3v) is 4.67. The Morgan fingerprint density at radius 2 is 1.60 bits per heavy atom. The Morgan fingerprint density at radius 1 is 0.920 bits per heavy atom. The molecule has 25 heavy (non-hydrogen) atoms. The van der Waals surface area contributed by atoms with E-state index in [4.69, 9.17) is 9.47 Å². The molecule has 0 atom stereocenters. The van der Waals surface area contributed by atoms with Crippen LogP contribution in [0.15, 0.2) is 12.1 Å². The lowest BCUT2D eigenvalue weighted by Gasteiger charge is -2.18. The lowest BCUT2D eigenvalue weighted by molar-refractivity contribution is -0.276. The monoisotopic (exact) mass is 362 g/mol. The molecular weight excluding hydrogens is 340 g/mol. The number of rotatable bonds is 8. The summed E-state index contributed by atoms with van der Waals surface area (Å²) in [5.74, 6) is -1.73. The van der Waals surface area contributed by atoms with Gasteiger partial charge in [0.1, 0.15) is 0 Å². The van der Waals surface area contributed by atoms with Gasteiger partial charge in [0, 0.05) is 0 Å². The Kier molecular flexibility index (Phi) is 5.59. The van der Waals surface area contributed by atoms with E-state index in [2.05, 4.69) is 4.74 Å². The van der Waals surface area contributed by atoms with E-state index in [0.29, 0.717) is 5.92 Å². The summed E-state index contributed by atoms with van der Waals surface area (Å²) < 4.78 is 67.1. The van der Waals surface area contributed by atoms with Gasteiger partial charge in [-0.3, -0.25) is 0 Å². The molecule has 0 amide bonds. The molecule has 0 aromatic heterocycles. The van der Waals surface area contributed by atoms with E-state index in [1.165, 1.54) is 12.1 Å². The van der Waals surface area contributed by atoms with Crippen LogP contribution in [0.25, 0.3) is 0 Å². The first-order valence-corrected chi connectivity index (χ1v) is 8.76. The molecule has 0 radical (unpaired) electrons. The van der Waals surface area contributed by atoms with Crippen molar-refractivity contribution in [2.75, 3.05) is 13.2 Å². The number of halogens is 4. The van der Waals surface area contributed by atoms with E-state index in [1.807, 2.05) is 0 Å². The third-order valence-electron chi connectivity index (χ3n) is 4.67. The smallest absolute Gasteiger partial charge is 0.490 e. The second-order valence-electron chi connectivity index (χ2n) is 6.79. The minimum absolute atomic E-state index is 0.240. The molecule has 2 aliphatic rings. The summed E-state index contributed by atoms with van der Waals surface area (Å²) in [6, 6.07) is 2.58. The number of hydrogen-bond acceptors (Lipinski definition) is 3. The van der Waals surface area contributed by atoms with Crippen LogP contribution < -0.4 is 14.2 Å². The molecule has 7 heteroatoms. The molecule has 0 bridgehead atoms. The van der Waals surface area contributed by atoms with Crippen molar-refractivity contribution in [3.05, 3.63) is 17.9 Å². The maximum Gasteiger partial charge on any atom is 0.573 e. The van der Waals surface area contributed by atoms with Crippen LogP contribution in [0.4, 0.5) is 17.6 Å². The third kappa shape index (κ3) is 5.41. The van der Waals surface area contributed by atoms with E-state index in [9.17, 15) is 17.6 Å². The summed E-state index contributed by atoms with van der Waals surface area (Å²) in [4.78, 5) is 0. The summed E-state index contributed by atoms with van der Waals surface area (Å²) in [5.41, 5.74) is 0. The van der Waals surface area contributed by atoms with Gasteiger partial charge in [-0.15, -0.1) is 13.2 Å². The zero-order valence-electron chi connectivity index (χ0n) is 13.9. The van der Waals surface area contributed by atoms with Crippen molar-refractivity contribution in [1.82, 2.24) is 0 Å². The lowest BCUT2D eigenvalue weighted by Crippen LogP contribution is -2.19. The Labute approximate surface area is 144 Å². The highest BCUT2D eigenvalue weighted by Gasteiger charge is 2.35. The summed E-state index contributed by atoms with van der Waals surface area (Å²) in [5, 5.41) is 0. The molecule has 1 aromatic carbocycles. The molecule has 0 spiro atoms. The Balaban J connectivity index is 1.70. The first-order valence-electron chi connectivity index (χ1n) is 8.76. The summed E-state index contributed by atoms with van der Waals surface area (Å²) in [6.45, 7) is 0.533. The number of alkyl halides is 3. The van der Waals surface area contributed by atoms with Gasteiger partial charge in [-0.1, -0.05) is 25.7 Å². The van der Waals surface area contributed by atoms with Crippen LogP contribution in [-0.4, -0.2) is 19.6 Å². The molecule has 0 saturated heterocycles. The highest BCUT2D eigenvalue weighted by molar-refractivity contribution is 5.47. The van der Waals surface area contributed by atoms with Crippen molar-refractivity contribution < 1.29 is 31.8 Å². The van der Waals surface area contributed by atoms with Crippen molar-refractivity contribution in [3.63, 3.8) is 0 Å². The number of benzene rings is 1. The van der Waals surface area contributed by atoms with Gasteiger partial charge in [0.2, 0.25) is 11.6 Å². The largest absolute Gasteiger partial charge is 0.573 e. The minimum Gasteiger partial charge on any atom is -0.490 e. The molecule has 0 heterocycles. The van der Waals surface area contributed by atoms with Crippen LogP contribution >= 0.6 is 0 Å². The van der Waals surface area contributed by atoms with E-state index < -0.39 is 17.9 Å². The minimum atomic E-state index is -5.00. The highest BCUT2D eigenvalue weighted by Crippen LogP contribution is 2.40. The standard InChI is InChI=1S/C18H22F4O3/c19-16-14(23-10-9-12-5-6-12)7-8-15(17(16)25-18(20,21)22)24-11-13-3-1-2-4-13/h7-8,12-13H,1-6,9-11H2. The molecule has 3 nitrogen and oxygen atoms in total. The summed E-state index contributed by atoms with van der Waals surface area (Å²) in [6.07, 6.45) is 2.14. The molecule has 0 N–H and O–H groups in total. The second-order valence-corrected chi connectivity index (χ2v) is 6.79. The van der Waals surface area contributed by atoms with Crippen molar-refractivity contribution in [3.8, 4) is 17.2 Å². The van der Waals surface area contributed by atoms with Crippen LogP contribution in [0.5, 0.6) is 17.2 Å². The SMILES string of the molecule is Fc1c(OCCC2CC2)ccc(OCC2CCCC2)c1OC(F)(F)F. The molecule has 2 fully saturated rings. The topological polar surface area (TPSA) is 27.7 Å². The van der Waals surface area contributed by atoms with Gasteiger partial charge in [0.05, 0.1) is 13.2 Å². The van der Waals surface area contributed by atoms with E-state index in [1.54, 1.807) is 0 Å². The van der Waals surface area contributed by atoms with Gasteiger partial charge in [-0.2, -0.15) is 4.39 Å². The fourth-order valence-electron chi connectivity index (χ4n) is 3.08. The fraction of sp³-hybridized carbons (Fsp3) is 0.667. The Hall–Kier alpha value is -1.66. The predicted molar refractivity (Wildman–Crippen MR) is 83.4 cm³/mol. The summed E-state index contributed by atoms with van der Waals surface area (Å²) in [7, 11) is 0. The van der Waals surface area contributed by atoms with Crippen LogP contribution in [0.2, 0.25) is 0 Å². The normalized spacial score (nSPS) is 18.4. The van der Waals surface area contributed by atoms with Gasteiger partial charge in [0.25, 0.3) is 0 Å². The lowest BCUT2D eigenvalue weighted by atomic mass is 10.1. The van der Waals surface area contributed by atoms with Crippen LogP contribution in [0.3, 0.4) is 0 Å². The molecule has 3 rings (SSSR count). The molecule has 2 saturated carbocycles. The maximum absolute atomic E-state index is 14.5. The van der Waals surface area contributed by atoms with Gasteiger partial charge >= 0.3 is 6.36 Å². The Bertz CT molecular complexity index is 578. The zero-order valence-corrected chi connectivity index (χ0v) is 13.9. The fourth-order valence-corrected chi connectivity index (χ4v) is 3.08. The highest BCUT2D eigenvalue weighted by atomic mass is 19.4. The first-order chi connectivity index (χ1) is 11.9. The van der Waals surface area contributed by atoms with Gasteiger partial charge in [-0.05, 0) is 43.2 Å². The van der Waals surface area contributed by atoms with Crippen molar-refractivity contribution in [1.29, 1.82) is 0 Å². The quantitative estimate of drug-likeness (QED) is 0.574. The number of ether oxygens (including phenoxy) is 3. The van der Waals surface area contributed by atoms with E-state index in [-0.39, 0.29) is 30.6 Å². The molecule has 2 aliphatic carbocycles. The predicted octanol–water partition coefficient (Wildman–Crippen LogP) is 5.47. The molecule has 140 valence electrons. The van der Waals surface area contributed by atoms with Crippen molar-refractivity contribution >= 4 is 0 Å². The molecule has 0 aliphatic heterocycles. The molecule has 1 aromatic rings. The average Bonchev–Trinajstić information content (AvgIpc) is 3.21. The maximum atomic E-state index is 14.5. The molecule has 0 unspecified atom stereocenters. The van der Waals surface area contributed by atoms with Gasteiger partial charge < -0.3 is 14.2 Å². The van der Waals surface area contributed by atoms with Crippen LogP contribution in [0, 0.1) is 17.7 Å². The van der Waals surface area contributed by atoms with E-state index in [0.717, 1.165) is 44.9 Å². The van der Waals surface area contributed by atoms with Crippen molar-refractivity contribution in [2.24, 2.45) is 11.8 Å². The van der Waals surface area contributed by atoms with Crippen LogP contribution in [-0.2, 0) is 0 Å². The van der Waals surface area contributed by atoms with Gasteiger partial charge in [0.15, 0.2) is 11.5 Å². The number of hydrogen-bond donors (Lipinski definition) is 0. The molecular formula is C18H22F4O3. The van der Waals surface area contributed by atoms with E-state index >= 15 is 0 Å². The Morgan fingerprint density at radius 3 is 2.24 bits per heavy atom. The van der Waals surface area contributed by atoms with Gasteiger partial charge in [-0.25, -0.2) is 0 Å². The second kappa shape index (κ2) is 7.70. The zero-order chi connectivity index (χ0) is 17.9. The van der Waals surface area contributed by atoms with Crippen LogP contribution in [0.1, 0.15) is 44.9 Å². The first kappa shape index (κ1) is 18.1. The average molecular weight is 362 g/mol. The van der Waals surface area contributed by atoms with Crippen molar-refractivity contribution in [2.45, 2.75) is 51.3 Å². The summed E-state index contributed by atoms with van der Waals surface area (Å²) >= 11 is 0.